The molecule has 0 fully saturated rings. The lowest BCUT2D eigenvalue weighted by Gasteiger charge is -2.15. The minimum absolute atomic E-state index is 0.0207. The van der Waals surface area contributed by atoms with E-state index in [0.29, 0.717) is 16.4 Å². The van der Waals surface area contributed by atoms with Crippen molar-refractivity contribution in [2.45, 2.75) is 32.7 Å². The number of aryl methyl sites for hydroxylation is 2. The second kappa shape index (κ2) is 9.84. The van der Waals surface area contributed by atoms with Gasteiger partial charge < -0.3 is 5.32 Å². The number of rotatable bonds is 7. The lowest BCUT2D eigenvalue weighted by atomic mass is 10.1. The summed E-state index contributed by atoms with van der Waals surface area (Å²) in [5.74, 6) is -0.155. The first-order valence-corrected chi connectivity index (χ1v) is 11.2. The number of hydrogen-bond acceptors (Lipinski definition) is 2. The maximum absolute atomic E-state index is 13.3. The number of aromatic nitrogens is 2. The van der Waals surface area contributed by atoms with Crippen LogP contribution >= 0.6 is 11.6 Å². The van der Waals surface area contributed by atoms with Crippen LogP contribution in [-0.2, 0) is 6.42 Å². The average molecular weight is 444 g/mol. The van der Waals surface area contributed by atoms with Gasteiger partial charge in [0.2, 0.25) is 0 Å². The maximum atomic E-state index is 13.3. The number of amides is 1. The molecule has 1 aromatic heterocycles. The molecule has 0 radical (unpaired) electrons. The van der Waals surface area contributed by atoms with Crippen molar-refractivity contribution in [3.05, 3.63) is 107 Å². The van der Waals surface area contributed by atoms with Gasteiger partial charge in [-0.05, 0) is 62.1 Å². The van der Waals surface area contributed by atoms with Gasteiger partial charge in [0.1, 0.15) is 5.69 Å². The van der Waals surface area contributed by atoms with Crippen LogP contribution in [-0.4, -0.2) is 21.7 Å². The molecule has 4 rings (SSSR count). The largest absolute Gasteiger partial charge is 0.348 e. The summed E-state index contributed by atoms with van der Waals surface area (Å²) < 4.78 is 1.70. The number of hydrogen-bond donors (Lipinski definition) is 1. The van der Waals surface area contributed by atoms with Crippen molar-refractivity contribution in [1.29, 1.82) is 0 Å². The molecule has 1 N–H and O–H groups in total. The Morgan fingerprint density at radius 1 is 1.00 bits per heavy atom. The average Bonchev–Trinajstić information content (AvgIpc) is 3.24. The smallest absolute Gasteiger partial charge is 0.270 e. The first-order chi connectivity index (χ1) is 15.5. The molecule has 0 bridgehead atoms. The molecule has 1 amide bonds. The molecule has 1 atom stereocenters. The standard InChI is InChI=1S/C27H26ClN3O/c1-19-9-8-12-22(17-19)31-26(18-25(30-31)23-13-6-7-14-24(23)28)27(32)29-20(2)15-16-21-10-4-3-5-11-21/h3-14,17-18,20H,15-16H2,1-2H3,(H,29,32). The zero-order chi connectivity index (χ0) is 22.5. The maximum Gasteiger partial charge on any atom is 0.270 e. The van der Waals surface area contributed by atoms with Gasteiger partial charge in [-0.25, -0.2) is 4.68 Å². The summed E-state index contributed by atoms with van der Waals surface area (Å²) in [5, 5.41) is 8.49. The number of benzene rings is 3. The van der Waals surface area contributed by atoms with Crippen LogP contribution in [0.25, 0.3) is 16.9 Å². The summed E-state index contributed by atoms with van der Waals surface area (Å²) in [4.78, 5) is 13.3. The summed E-state index contributed by atoms with van der Waals surface area (Å²) in [6.45, 7) is 4.05. The van der Waals surface area contributed by atoms with Crippen LogP contribution in [0.15, 0.2) is 84.9 Å². The normalized spacial score (nSPS) is 11.8. The van der Waals surface area contributed by atoms with Crippen LogP contribution in [0.2, 0.25) is 5.02 Å². The van der Waals surface area contributed by atoms with E-state index in [4.69, 9.17) is 16.7 Å². The Morgan fingerprint density at radius 2 is 1.75 bits per heavy atom. The second-order valence-corrected chi connectivity index (χ2v) is 8.45. The molecule has 4 nitrogen and oxygen atoms in total. The van der Waals surface area contributed by atoms with Crippen molar-refractivity contribution >= 4 is 17.5 Å². The third-order valence-electron chi connectivity index (χ3n) is 5.42. The van der Waals surface area contributed by atoms with Crippen LogP contribution in [0.3, 0.4) is 0 Å². The van der Waals surface area contributed by atoms with Gasteiger partial charge in [-0.3, -0.25) is 4.79 Å². The second-order valence-electron chi connectivity index (χ2n) is 8.04. The molecule has 0 saturated heterocycles. The fraction of sp³-hybridized carbons (Fsp3) is 0.185. The van der Waals surface area contributed by atoms with E-state index < -0.39 is 0 Å². The van der Waals surface area contributed by atoms with Crippen molar-refractivity contribution in [1.82, 2.24) is 15.1 Å². The number of carbonyl (C=O) groups excluding carboxylic acids is 1. The molecule has 1 heterocycles. The zero-order valence-electron chi connectivity index (χ0n) is 18.3. The third-order valence-corrected chi connectivity index (χ3v) is 5.75. The van der Waals surface area contributed by atoms with Crippen LogP contribution in [0, 0.1) is 6.92 Å². The Hall–Kier alpha value is -3.37. The molecule has 0 spiro atoms. The molecule has 5 heteroatoms. The van der Waals surface area contributed by atoms with E-state index in [2.05, 4.69) is 17.4 Å². The van der Waals surface area contributed by atoms with Crippen LogP contribution in [0.1, 0.15) is 35.0 Å². The molecular formula is C27H26ClN3O. The Balaban J connectivity index is 1.61. The highest BCUT2D eigenvalue weighted by Gasteiger charge is 2.20. The van der Waals surface area contributed by atoms with Gasteiger partial charge >= 0.3 is 0 Å². The number of halogens is 1. The molecule has 32 heavy (non-hydrogen) atoms. The minimum atomic E-state index is -0.155. The molecule has 4 aromatic rings. The number of nitrogens with one attached hydrogen (secondary N) is 1. The molecule has 0 aliphatic rings. The summed E-state index contributed by atoms with van der Waals surface area (Å²) >= 11 is 6.41. The summed E-state index contributed by atoms with van der Waals surface area (Å²) in [7, 11) is 0. The quantitative estimate of drug-likeness (QED) is 0.367. The van der Waals surface area contributed by atoms with E-state index in [-0.39, 0.29) is 11.9 Å². The molecular weight excluding hydrogens is 418 g/mol. The van der Waals surface area contributed by atoms with Crippen molar-refractivity contribution in [2.75, 3.05) is 0 Å². The van der Waals surface area contributed by atoms with E-state index in [9.17, 15) is 4.79 Å². The number of carbonyl (C=O) groups is 1. The van der Waals surface area contributed by atoms with Crippen molar-refractivity contribution in [2.24, 2.45) is 0 Å². The summed E-state index contributed by atoms with van der Waals surface area (Å²) in [6.07, 6.45) is 1.76. The molecule has 3 aromatic carbocycles. The Labute approximate surface area is 193 Å². The van der Waals surface area contributed by atoms with Gasteiger partial charge in [0.25, 0.3) is 5.91 Å². The third kappa shape index (κ3) is 5.09. The predicted octanol–water partition coefficient (Wildman–Crippen LogP) is 6.25. The van der Waals surface area contributed by atoms with E-state index in [1.807, 2.05) is 86.6 Å². The monoisotopic (exact) mass is 443 g/mol. The lowest BCUT2D eigenvalue weighted by Crippen LogP contribution is -2.34. The van der Waals surface area contributed by atoms with Crippen molar-refractivity contribution in [3.8, 4) is 16.9 Å². The van der Waals surface area contributed by atoms with Crippen LogP contribution in [0.5, 0.6) is 0 Å². The SMILES string of the molecule is Cc1cccc(-n2nc(-c3ccccc3Cl)cc2C(=O)NC(C)CCc2ccccc2)c1. The van der Waals surface area contributed by atoms with Crippen LogP contribution in [0.4, 0.5) is 0 Å². The topological polar surface area (TPSA) is 46.9 Å². The molecule has 1 unspecified atom stereocenters. The van der Waals surface area contributed by atoms with Gasteiger partial charge in [0.05, 0.1) is 16.4 Å². The fourth-order valence-electron chi connectivity index (χ4n) is 3.70. The van der Waals surface area contributed by atoms with Crippen molar-refractivity contribution in [3.63, 3.8) is 0 Å². The van der Waals surface area contributed by atoms with Gasteiger partial charge in [-0.2, -0.15) is 5.10 Å². The Bertz CT molecular complexity index is 1220. The van der Waals surface area contributed by atoms with Crippen molar-refractivity contribution < 1.29 is 4.79 Å². The Morgan fingerprint density at radius 3 is 2.50 bits per heavy atom. The molecule has 0 aliphatic heterocycles. The first kappa shape index (κ1) is 21.8. The number of nitrogens with zero attached hydrogens (tertiary/aromatic N) is 2. The lowest BCUT2D eigenvalue weighted by molar-refractivity contribution is 0.0930. The zero-order valence-corrected chi connectivity index (χ0v) is 19.0. The van der Waals surface area contributed by atoms with E-state index >= 15 is 0 Å². The highest BCUT2D eigenvalue weighted by molar-refractivity contribution is 6.33. The van der Waals surface area contributed by atoms with E-state index in [0.717, 1.165) is 29.7 Å². The summed E-state index contributed by atoms with van der Waals surface area (Å²) in [6, 6.07) is 27.6. The van der Waals surface area contributed by atoms with Gasteiger partial charge in [-0.15, -0.1) is 0 Å². The molecule has 0 aliphatic carbocycles. The highest BCUT2D eigenvalue weighted by atomic mass is 35.5. The minimum Gasteiger partial charge on any atom is -0.348 e. The van der Waals surface area contributed by atoms with Gasteiger partial charge in [0, 0.05) is 11.6 Å². The highest BCUT2D eigenvalue weighted by Crippen LogP contribution is 2.28. The van der Waals surface area contributed by atoms with Gasteiger partial charge in [-0.1, -0.05) is 72.3 Å². The first-order valence-electron chi connectivity index (χ1n) is 10.8. The molecule has 0 saturated carbocycles. The predicted molar refractivity (Wildman–Crippen MR) is 130 cm³/mol. The van der Waals surface area contributed by atoms with E-state index in [1.54, 1.807) is 4.68 Å². The molecule has 162 valence electrons. The van der Waals surface area contributed by atoms with Crippen LogP contribution < -0.4 is 5.32 Å². The Kier molecular flexibility index (Phi) is 6.72. The van der Waals surface area contributed by atoms with Gasteiger partial charge in [0.15, 0.2) is 0 Å². The summed E-state index contributed by atoms with van der Waals surface area (Å²) in [5.41, 5.74) is 5.15. The fourth-order valence-corrected chi connectivity index (χ4v) is 3.93. The van der Waals surface area contributed by atoms with E-state index in [1.165, 1.54) is 5.56 Å².